The van der Waals surface area contributed by atoms with Crippen molar-refractivity contribution in [2.45, 2.75) is 179 Å². The minimum absolute atomic E-state index is 0.0107. The summed E-state index contributed by atoms with van der Waals surface area (Å²) in [5.41, 5.74) is 0.448. The van der Waals surface area contributed by atoms with Gasteiger partial charge in [-0.2, -0.15) is 0 Å². The summed E-state index contributed by atoms with van der Waals surface area (Å²) in [6, 6.07) is 3.16. The van der Waals surface area contributed by atoms with Crippen LogP contribution in [-0.2, 0) is 44.4 Å². The number of ketones is 2. The van der Waals surface area contributed by atoms with Crippen molar-refractivity contribution in [1.29, 1.82) is 0 Å². The molecule has 2 fully saturated rings. The quantitative estimate of drug-likeness (QED) is 0.0864. The van der Waals surface area contributed by atoms with Gasteiger partial charge in [0.05, 0.1) is 35.4 Å². The molecule has 16 heteroatoms. The number of unbranched alkanes of at least 4 members (excludes halogenated alkanes) is 6. The molecule has 0 radical (unpaired) electrons. The molecule has 4 unspecified atom stereocenters. The summed E-state index contributed by atoms with van der Waals surface area (Å²) >= 11 is 0. The number of Topliss-reactive ketones (excluding diaryl/α,β-unsaturated/α-hetero) is 2. The molecule has 5 rings (SSSR count). The molecule has 0 amide bonds. The highest BCUT2D eigenvalue weighted by Gasteiger charge is 2.47. The molecule has 2 saturated heterocycles. The number of carbonyl (C=O) groups is 3. The Kier molecular flexibility index (Phi) is 16.7. The van der Waals surface area contributed by atoms with Gasteiger partial charge in [0.25, 0.3) is 0 Å². The third-order valence-corrected chi connectivity index (χ3v) is 12.1. The van der Waals surface area contributed by atoms with E-state index in [-0.39, 0.29) is 53.7 Å². The fourth-order valence-electron chi connectivity index (χ4n) is 8.59. The average molecular weight is 849 g/mol. The van der Waals surface area contributed by atoms with Crippen molar-refractivity contribution < 1.29 is 78.2 Å². The van der Waals surface area contributed by atoms with Gasteiger partial charge in [-0.25, -0.2) is 0 Å². The van der Waals surface area contributed by atoms with E-state index in [4.69, 9.17) is 33.2 Å². The lowest BCUT2D eigenvalue weighted by Gasteiger charge is -2.41. The Morgan fingerprint density at radius 2 is 1.55 bits per heavy atom. The van der Waals surface area contributed by atoms with Crippen LogP contribution in [0.1, 0.15) is 113 Å². The smallest absolute Gasteiger partial charge is 0.306 e. The molecule has 0 saturated carbocycles. The predicted molar refractivity (Wildman–Crippen MR) is 216 cm³/mol. The van der Waals surface area contributed by atoms with E-state index in [1.54, 1.807) is 32.9 Å². The first-order chi connectivity index (χ1) is 28.5. The van der Waals surface area contributed by atoms with Gasteiger partial charge in [-0.15, -0.1) is 0 Å². The number of esters is 1. The Bertz CT molecular complexity index is 1790. The second kappa shape index (κ2) is 21.1. The number of rotatable bonds is 19. The Hall–Kier alpha value is -3.45. The van der Waals surface area contributed by atoms with Crippen LogP contribution in [0, 0.1) is 12.8 Å². The number of hydrogen-bond donors (Lipinski definition) is 6. The van der Waals surface area contributed by atoms with Gasteiger partial charge < -0.3 is 63.8 Å². The van der Waals surface area contributed by atoms with Crippen molar-refractivity contribution >= 4 is 28.3 Å². The molecule has 16 nitrogen and oxygen atoms in total. The molecular formula is C44H64O16. The molecule has 2 aliphatic heterocycles. The topological polar surface area (TPSA) is 237 Å². The van der Waals surface area contributed by atoms with Crippen LogP contribution in [0.15, 0.2) is 12.1 Å². The number of fused-ring (bicyclic) bond motifs is 2. The van der Waals surface area contributed by atoms with Gasteiger partial charge >= 0.3 is 5.97 Å². The zero-order valence-electron chi connectivity index (χ0n) is 35.7. The number of ether oxygens (including phenoxy) is 7. The summed E-state index contributed by atoms with van der Waals surface area (Å²) in [4.78, 5) is 40.4. The van der Waals surface area contributed by atoms with Crippen LogP contribution in [-0.4, -0.2) is 136 Å². The predicted octanol–water partition coefficient (Wildman–Crippen LogP) is 4.06. The molecule has 2 aromatic rings. The number of benzene rings is 2. The molecule has 0 aromatic heterocycles. The van der Waals surface area contributed by atoms with E-state index < -0.39 is 103 Å². The Morgan fingerprint density at radius 1 is 0.900 bits per heavy atom. The summed E-state index contributed by atoms with van der Waals surface area (Å²) in [6.45, 7) is 8.37. The number of phenolic OH excluding ortho intramolecular Hbond substituents is 2. The SMILES string of the molecule is CCCCCCCCCC(=O)O[C@H](C)[C@H](O)C(=O)[C@@H](OC)[C@@H]1Cc2cc3cc(O[C@H]4CC(O[C@H]5CC(O)[C@H](O)C(C)O5)[C@H](O)C(C)O4)c(C)c(O)c3c(O)c2C(=O)[C@H]1OC. The third kappa shape index (κ3) is 10.6. The van der Waals surface area contributed by atoms with Crippen LogP contribution < -0.4 is 4.74 Å². The van der Waals surface area contributed by atoms with Crippen LogP contribution in [0.25, 0.3) is 10.8 Å². The fraction of sp³-hybridized carbons (Fsp3) is 0.705. The molecule has 2 heterocycles. The number of phenols is 2. The van der Waals surface area contributed by atoms with E-state index in [0.717, 1.165) is 32.1 Å². The molecule has 1 aliphatic carbocycles. The molecule has 0 bridgehead atoms. The van der Waals surface area contributed by atoms with Crippen molar-refractivity contribution in [3.05, 3.63) is 28.8 Å². The van der Waals surface area contributed by atoms with Crippen molar-refractivity contribution in [2.24, 2.45) is 5.92 Å². The lowest BCUT2D eigenvalue weighted by molar-refractivity contribution is -0.298. The van der Waals surface area contributed by atoms with Crippen molar-refractivity contribution in [3.8, 4) is 17.2 Å². The van der Waals surface area contributed by atoms with Crippen LogP contribution in [0.4, 0.5) is 0 Å². The van der Waals surface area contributed by atoms with Crippen LogP contribution in [0.2, 0.25) is 0 Å². The highest BCUT2D eigenvalue weighted by atomic mass is 16.7. The lowest BCUT2D eigenvalue weighted by Crippen LogP contribution is -2.53. The number of hydrogen-bond acceptors (Lipinski definition) is 16. The highest BCUT2D eigenvalue weighted by molar-refractivity contribution is 6.11. The molecule has 2 aromatic carbocycles. The summed E-state index contributed by atoms with van der Waals surface area (Å²) in [5.74, 6) is -3.64. The van der Waals surface area contributed by atoms with Crippen LogP contribution in [0.3, 0.4) is 0 Å². The number of aliphatic hydroxyl groups is 4. The lowest BCUT2D eigenvalue weighted by atomic mass is 9.75. The second-order valence-corrected chi connectivity index (χ2v) is 16.5. The van der Waals surface area contributed by atoms with Gasteiger partial charge in [-0.05, 0) is 63.6 Å². The highest BCUT2D eigenvalue weighted by Crippen LogP contribution is 2.47. The summed E-state index contributed by atoms with van der Waals surface area (Å²) in [5, 5.41) is 65.6. The van der Waals surface area contributed by atoms with Crippen molar-refractivity contribution in [1.82, 2.24) is 0 Å². The molecule has 0 spiro atoms. The average Bonchev–Trinajstić information content (AvgIpc) is 3.20. The minimum atomic E-state index is -1.76. The molecule has 3 aliphatic rings. The van der Waals surface area contributed by atoms with Gasteiger partial charge in [-0.3, -0.25) is 14.4 Å². The van der Waals surface area contributed by atoms with Gasteiger partial charge in [0.15, 0.2) is 24.0 Å². The summed E-state index contributed by atoms with van der Waals surface area (Å²) < 4.78 is 40.5. The zero-order chi connectivity index (χ0) is 44.0. The minimum Gasteiger partial charge on any atom is -0.507 e. The Balaban J connectivity index is 1.32. The fourth-order valence-corrected chi connectivity index (χ4v) is 8.59. The maximum Gasteiger partial charge on any atom is 0.306 e. The first kappa shape index (κ1) is 47.6. The maximum absolute atomic E-state index is 14.0. The standard InChI is InChI=1S/C44H64O16/c1-8-9-10-11-12-13-14-15-31(46)56-24(5)39(50)42(53)44(55-7)27-17-25-16-26-18-29(21(2)36(47)34(26)40(51)35(25)41(52)43(27)54-6)59-33-20-30(38(49)23(4)58-33)60-32-19-28(45)37(48)22(3)57-32/h16,18,22-24,27-28,30,32-33,37-39,43-45,47-51H,8-15,17,19-20H2,1-7H3/t22?,23?,24-,27-,28?,30?,32+,33+,37-,38-,39+,43+,44+/m1/s1. The van der Waals surface area contributed by atoms with E-state index in [0.29, 0.717) is 17.4 Å². The van der Waals surface area contributed by atoms with E-state index in [9.17, 15) is 45.0 Å². The van der Waals surface area contributed by atoms with E-state index >= 15 is 0 Å². The van der Waals surface area contributed by atoms with Crippen LogP contribution >= 0.6 is 0 Å². The third-order valence-electron chi connectivity index (χ3n) is 12.1. The monoisotopic (exact) mass is 848 g/mol. The molecular weight excluding hydrogens is 784 g/mol. The maximum atomic E-state index is 14.0. The Labute approximate surface area is 351 Å². The van der Waals surface area contributed by atoms with Gasteiger partial charge in [-0.1, -0.05) is 45.4 Å². The molecule has 60 heavy (non-hydrogen) atoms. The van der Waals surface area contributed by atoms with Gasteiger partial charge in [0.2, 0.25) is 6.29 Å². The van der Waals surface area contributed by atoms with Crippen LogP contribution in [0.5, 0.6) is 17.2 Å². The first-order valence-corrected chi connectivity index (χ1v) is 21.2. The number of carbonyl (C=O) groups excluding carboxylic acids is 3. The molecule has 336 valence electrons. The van der Waals surface area contributed by atoms with Crippen molar-refractivity contribution in [3.63, 3.8) is 0 Å². The molecule has 13 atom stereocenters. The number of aliphatic hydroxyl groups excluding tert-OH is 4. The first-order valence-electron chi connectivity index (χ1n) is 21.2. The number of aromatic hydroxyl groups is 2. The van der Waals surface area contributed by atoms with Crippen molar-refractivity contribution in [2.75, 3.05) is 14.2 Å². The van der Waals surface area contributed by atoms with E-state index in [2.05, 4.69) is 6.92 Å². The van der Waals surface area contributed by atoms with E-state index in [1.165, 1.54) is 27.6 Å². The molecule has 6 N–H and O–H groups in total. The Morgan fingerprint density at radius 3 is 2.20 bits per heavy atom. The zero-order valence-corrected chi connectivity index (χ0v) is 35.7. The largest absolute Gasteiger partial charge is 0.507 e. The summed E-state index contributed by atoms with van der Waals surface area (Å²) in [6.07, 6.45) is -5.77. The normalized spacial score (nSPS) is 29.8. The van der Waals surface area contributed by atoms with Gasteiger partial charge in [0, 0.05) is 45.0 Å². The van der Waals surface area contributed by atoms with Gasteiger partial charge in [0.1, 0.15) is 47.8 Å². The van der Waals surface area contributed by atoms with E-state index in [1.807, 2.05) is 0 Å². The second-order valence-electron chi connectivity index (χ2n) is 16.5. The summed E-state index contributed by atoms with van der Waals surface area (Å²) in [7, 11) is 2.55. The number of methoxy groups -OCH3 is 2.